The highest BCUT2D eigenvalue weighted by molar-refractivity contribution is 5.82. The van der Waals surface area contributed by atoms with Crippen LogP contribution in [0.5, 0.6) is 0 Å². The summed E-state index contributed by atoms with van der Waals surface area (Å²) in [5.41, 5.74) is 2.71. The van der Waals surface area contributed by atoms with Gasteiger partial charge in [-0.2, -0.15) is 0 Å². The molecule has 3 atom stereocenters. The van der Waals surface area contributed by atoms with Gasteiger partial charge in [-0.05, 0) is 36.3 Å². The number of hydrogen-bond donors (Lipinski definition) is 1. The molecule has 2 heteroatoms. The Kier molecular flexibility index (Phi) is 3.34. The van der Waals surface area contributed by atoms with Crippen molar-refractivity contribution in [1.29, 1.82) is 0 Å². The minimum absolute atomic E-state index is 0.656. The predicted molar refractivity (Wildman–Crippen MR) is 88.1 cm³/mol. The summed E-state index contributed by atoms with van der Waals surface area (Å²) >= 11 is 0. The smallest absolute Gasteiger partial charge is 0.0457 e. The van der Waals surface area contributed by atoms with Crippen LogP contribution in [0.15, 0.2) is 42.6 Å². The summed E-state index contributed by atoms with van der Waals surface area (Å²) in [6.07, 6.45) is 11.2. The maximum absolute atomic E-state index is 3.41. The molecule has 0 amide bonds. The molecule has 1 fully saturated rings. The Morgan fingerprint density at radius 1 is 1.24 bits per heavy atom. The van der Waals surface area contributed by atoms with Crippen LogP contribution in [0.1, 0.15) is 31.7 Å². The molecule has 3 heterocycles. The standard InChI is InChI=1S/C19H24N2/c1-2-5-15-10-14-8-9-19(15)21(12-14)13-16-11-20-18-7-4-3-6-17(16)18/h3-4,6-9,11,14-15,19-20H,2,5,10,12-13H2,1H3. The number of H-pyrrole nitrogens is 1. The van der Waals surface area contributed by atoms with E-state index >= 15 is 0 Å². The Morgan fingerprint density at radius 2 is 2.14 bits per heavy atom. The number of nitrogens with one attached hydrogen (secondary N) is 1. The quantitative estimate of drug-likeness (QED) is 0.825. The molecule has 2 aliphatic heterocycles. The fourth-order valence-corrected chi connectivity index (χ4v) is 4.32. The molecule has 2 aromatic rings. The van der Waals surface area contributed by atoms with Crippen LogP contribution in [-0.2, 0) is 6.54 Å². The van der Waals surface area contributed by atoms with Gasteiger partial charge in [0.05, 0.1) is 0 Å². The zero-order chi connectivity index (χ0) is 14.2. The van der Waals surface area contributed by atoms with Crippen molar-refractivity contribution in [3.05, 3.63) is 48.2 Å². The fourth-order valence-electron chi connectivity index (χ4n) is 4.32. The van der Waals surface area contributed by atoms with Gasteiger partial charge < -0.3 is 4.98 Å². The van der Waals surface area contributed by atoms with Crippen molar-refractivity contribution in [2.24, 2.45) is 11.8 Å². The molecule has 3 aliphatic rings. The van der Waals surface area contributed by atoms with E-state index < -0.39 is 0 Å². The normalized spacial score (nSPS) is 28.5. The molecule has 3 unspecified atom stereocenters. The summed E-state index contributed by atoms with van der Waals surface area (Å²) in [7, 11) is 0. The Morgan fingerprint density at radius 3 is 3.00 bits per heavy atom. The van der Waals surface area contributed by atoms with E-state index in [4.69, 9.17) is 0 Å². The monoisotopic (exact) mass is 280 g/mol. The van der Waals surface area contributed by atoms with E-state index in [9.17, 15) is 0 Å². The van der Waals surface area contributed by atoms with E-state index in [1.54, 1.807) is 0 Å². The largest absolute Gasteiger partial charge is 0.361 e. The lowest BCUT2D eigenvalue weighted by Gasteiger charge is -2.46. The number of piperidine rings is 1. The molecule has 5 rings (SSSR count). The minimum atomic E-state index is 0.656. The van der Waals surface area contributed by atoms with Gasteiger partial charge in [-0.25, -0.2) is 0 Å². The van der Waals surface area contributed by atoms with Crippen LogP contribution in [-0.4, -0.2) is 22.5 Å². The van der Waals surface area contributed by atoms with Crippen molar-refractivity contribution in [2.45, 2.75) is 38.8 Å². The minimum Gasteiger partial charge on any atom is -0.361 e. The van der Waals surface area contributed by atoms with Crippen LogP contribution in [0.3, 0.4) is 0 Å². The van der Waals surface area contributed by atoms with E-state index in [-0.39, 0.29) is 0 Å². The lowest BCUT2D eigenvalue weighted by atomic mass is 9.75. The Labute approximate surface area is 126 Å². The van der Waals surface area contributed by atoms with Crippen molar-refractivity contribution >= 4 is 10.9 Å². The SMILES string of the molecule is CCCC1CC2C=CC1N(Cc1c[nH]c3ccccc13)C2. The van der Waals surface area contributed by atoms with E-state index in [1.807, 2.05) is 0 Å². The summed E-state index contributed by atoms with van der Waals surface area (Å²) in [5.74, 6) is 1.64. The summed E-state index contributed by atoms with van der Waals surface area (Å²) in [6, 6.07) is 9.31. The predicted octanol–water partition coefficient (Wildman–Crippen LogP) is 4.34. The molecular formula is C19H24N2. The van der Waals surface area contributed by atoms with Gasteiger partial charge in [-0.15, -0.1) is 0 Å². The summed E-state index contributed by atoms with van der Waals surface area (Å²) in [5, 5.41) is 1.38. The molecule has 0 saturated carbocycles. The third-order valence-electron chi connectivity index (χ3n) is 5.27. The number of aromatic amines is 1. The van der Waals surface area contributed by atoms with Crippen molar-refractivity contribution in [3.8, 4) is 0 Å². The maximum Gasteiger partial charge on any atom is 0.0457 e. The fraction of sp³-hybridized carbons (Fsp3) is 0.474. The first-order valence-electron chi connectivity index (χ1n) is 8.32. The number of hydrogen-bond acceptors (Lipinski definition) is 1. The molecule has 1 aliphatic carbocycles. The van der Waals surface area contributed by atoms with Crippen molar-refractivity contribution in [1.82, 2.24) is 9.88 Å². The number of rotatable bonds is 4. The first kappa shape index (κ1) is 13.1. The van der Waals surface area contributed by atoms with Crippen LogP contribution in [0.2, 0.25) is 0 Å². The third-order valence-corrected chi connectivity index (χ3v) is 5.27. The second-order valence-electron chi connectivity index (χ2n) is 6.71. The first-order chi connectivity index (χ1) is 10.3. The number of fused-ring (bicyclic) bond motifs is 3. The molecule has 1 aromatic heterocycles. The van der Waals surface area contributed by atoms with E-state index in [1.165, 1.54) is 42.3 Å². The van der Waals surface area contributed by atoms with Gasteiger partial charge in [0.2, 0.25) is 0 Å². The van der Waals surface area contributed by atoms with Gasteiger partial charge in [0.1, 0.15) is 0 Å². The Hall–Kier alpha value is -1.54. The third kappa shape index (κ3) is 2.32. The van der Waals surface area contributed by atoms with Gasteiger partial charge >= 0.3 is 0 Å². The molecule has 2 nitrogen and oxygen atoms in total. The number of aromatic nitrogens is 1. The van der Waals surface area contributed by atoms with E-state index in [0.717, 1.165) is 18.4 Å². The summed E-state index contributed by atoms with van der Waals surface area (Å²) < 4.78 is 0. The maximum atomic E-state index is 3.41. The van der Waals surface area contributed by atoms with Crippen LogP contribution >= 0.6 is 0 Å². The highest BCUT2D eigenvalue weighted by atomic mass is 15.2. The molecule has 0 spiro atoms. The summed E-state index contributed by atoms with van der Waals surface area (Å²) in [4.78, 5) is 6.11. The second-order valence-corrected chi connectivity index (χ2v) is 6.71. The van der Waals surface area contributed by atoms with Crippen molar-refractivity contribution < 1.29 is 0 Å². The van der Waals surface area contributed by atoms with Gasteiger partial charge in [-0.1, -0.05) is 43.7 Å². The van der Waals surface area contributed by atoms with Gasteiger partial charge in [0.25, 0.3) is 0 Å². The Balaban J connectivity index is 1.58. The zero-order valence-corrected chi connectivity index (χ0v) is 12.8. The first-order valence-corrected chi connectivity index (χ1v) is 8.32. The highest BCUT2D eigenvalue weighted by Gasteiger charge is 2.36. The van der Waals surface area contributed by atoms with Gasteiger partial charge in [0, 0.05) is 36.2 Å². The van der Waals surface area contributed by atoms with Crippen LogP contribution < -0.4 is 0 Å². The molecule has 0 radical (unpaired) electrons. The number of para-hydroxylation sites is 1. The second kappa shape index (κ2) is 5.34. The lowest BCUT2D eigenvalue weighted by molar-refractivity contribution is 0.0723. The highest BCUT2D eigenvalue weighted by Crippen LogP contribution is 2.38. The summed E-state index contributed by atoms with van der Waals surface area (Å²) in [6.45, 7) is 4.63. The number of nitrogens with zero attached hydrogens (tertiary/aromatic N) is 1. The van der Waals surface area contributed by atoms with Gasteiger partial charge in [-0.3, -0.25) is 4.90 Å². The molecule has 1 N–H and O–H groups in total. The van der Waals surface area contributed by atoms with E-state index in [0.29, 0.717) is 6.04 Å². The average molecular weight is 280 g/mol. The zero-order valence-electron chi connectivity index (χ0n) is 12.8. The molecule has 1 saturated heterocycles. The molecule has 2 bridgehead atoms. The molecule has 1 aromatic carbocycles. The topological polar surface area (TPSA) is 19.0 Å². The van der Waals surface area contributed by atoms with Crippen LogP contribution in [0.25, 0.3) is 10.9 Å². The van der Waals surface area contributed by atoms with Crippen molar-refractivity contribution in [3.63, 3.8) is 0 Å². The molecule has 110 valence electrons. The molecule has 21 heavy (non-hydrogen) atoms. The van der Waals surface area contributed by atoms with Gasteiger partial charge in [0.15, 0.2) is 0 Å². The average Bonchev–Trinajstić information content (AvgIpc) is 2.92. The van der Waals surface area contributed by atoms with Crippen molar-refractivity contribution in [2.75, 3.05) is 6.54 Å². The number of benzene rings is 1. The molecular weight excluding hydrogens is 256 g/mol. The van der Waals surface area contributed by atoms with Crippen LogP contribution in [0.4, 0.5) is 0 Å². The Bertz CT molecular complexity index is 654. The van der Waals surface area contributed by atoms with E-state index in [2.05, 4.69) is 59.4 Å². The van der Waals surface area contributed by atoms with Crippen LogP contribution in [0, 0.1) is 11.8 Å². The lowest BCUT2D eigenvalue weighted by Crippen LogP contribution is -2.49.